The standard InChI is InChI=1S/C25H24ClN7O2S2/c26-17-5-1-16(2-6-17)24-31-18(13-36-24)14-37-25-21(12-28)22(20(11-27)23(32-25)33-29)15-3-7-19(8-4-15)35-10-9-30-34/h1-8,11-13,25,28H,9-10,14,27,29H2,(H,32,33). The van der Waals surface area contributed by atoms with E-state index in [9.17, 15) is 4.91 Å². The number of aliphatic imine (C=N–C) groups is 1. The van der Waals surface area contributed by atoms with Gasteiger partial charge in [0.15, 0.2) is 0 Å². The molecular weight excluding hydrogens is 530 g/mol. The molecule has 0 aliphatic carbocycles. The van der Waals surface area contributed by atoms with E-state index in [0.717, 1.165) is 27.4 Å². The third kappa shape index (κ3) is 6.25. The van der Waals surface area contributed by atoms with Crippen molar-refractivity contribution in [3.8, 4) is 16.3 Å². The monoisotopic (exact) mass is 553 g/mol. The first kappa shape index (κ1) is 26.6. The minimum absolute atomic E-state index is 0.0754. The number of rotatable bonds is 10. The summed E-state index contributed by atoms with van der Waals surface area (Å²) in [4.78, 5) is 19.8. The van der Waals surface area contributed by atoms with Crippen LogP contribution in [0.15, 0.2) is 81.4 Å². The number of ether oxygens (including phenoxy) is 1. The second-order valence-corrected chi connectivity index (χ2v) is 10.1. The summed E-state index contributed by atoms with van der Waals surface area (Å²) in [5, 5.41) is 14.2. The van der Waals surface area contributed by atoms with E-state index >= 15 is 0 Å². The van der Waals surface area contributed by atoms with Crippen LogP contribution in [-0.4, -0.2) is 35.6 Å². The molecule has 37 heavy (non-hydrogen) atoms. The Morgan fingerprint density at radius 1 is 1.19 bits per heavy atom. The molecule has 6 N–H and O–H groups in total. The number of nitrogens with one attached hydrogen (secondary N) is 2. The molecule has 4 rings (SSSR count). The first-order chi connectivity index (χ1) is 18.1. The summed E-state index contributed by atoms with van der Waals surface area (Å²) in [5.74, 6) is 7.41. The highest BCUT2D eigenvalue weighted by atomic mass is 35.5. The summed E-state index contributed by atoms with van der Waals surface area (Å²) in [6.07, 6.45) is 2.73. The molecular formula is C25H24ClN7O2S2. The maximum absolute atomic E-state index is 10.3. The third-order valence-electron chi connectivity index (χ3n) is 5.41. The summed E-state index contributed by atoms with van der Waals surface area (Å²) >= 11 is 9.10. The Labute approximate surface area is 227 Å². The number of nitroso groups, excluding NO2 is 1. The summed E-state index contributed by atoms with van der Waals surface area (Å²) in [6.45, 7) is 0.278. The highest BCUT2D eigenvalue weighted by Crippen LogP contribution is 2.38. The van der Waals surface area contributed by atoms with Crippen molar-refractivity contribution in [2.75, 3.05) is 13.2 Å². The molecule has 0 spiro atoms. The molecule has 3 aromatic rings. The number of nitrogens with two attached hydrogens (primary N) is 2. The Morgan fingerprint density at radius 3 is 2.57 bits per heavy atom. The molecule has 1 aliphatic rings. The Morgan fingerprint density at radius 2 is 1.92 bits per heavy atom. The number of benzene rings is 2. The van der Waals surface area contributed by atoms with E-state index < -0.39 is 5.37 Å². The molecule has 9 nitrogen and oxygen atoms in total. The molecule has 0 bridgehead atoms. The molecule has 2 heterocycles. The van der Waals surface area contributed by atoms with E-state index in [4.69, 9.17) is 43.3 Å². The number of hydrazine groups is 1. The lowest BCUT2D eigenvalue weighted by Gasteiger charge is -2.27. The van der Waals surface area contributed by atoms with Crippen LogP contribution in [0.1, 0.15) is 11.3 Å². The van der Waals surface area contributed by atoms with Gasteiger partial charge in [-0.1, -0.05) is 41.0 Å². The van der Waals surface area contributed by atoms with Gasteiger partial charge in [0.05, 0.1) is 5.69 Å². The lowest BCUT2D eigenvalue weighted by atomic mass is 9.90. The van der Waals surface area contributed by atoms with Crippen LogP contribution >= 0.6 is 34.7 Å². The zero-order valence-corrected chi connectivity index (χ0v) is 21.9. The molecule has 1 aromatic heterocycles. The summed E-state index contributed by atoms with van der Waals surface area (Å²) < 4.78 is 5.52. The van der Waals surface area contributed by atoms with Crippen LogP contribution in [0.5, 0.6) is 5.75 Å². The van der Waals surface area contributed by atoms with Crippen LogP contribution in [0.2, 0.25) is 5.02 Å². The van der Waals surface area contributed by atoms with Crippen molar-refractivity contribution >= 4 is 52.3 Å². The average molecular weight is 554 g/mol. The molecule has 1 unspecified atom stereocenters. The molecule has 0 fully saturated rings. The normalized spacial score (nSPS) is 16.4. The zero-order valence-electron chi connectivity index (χ0n) is 19.6. The van der Waals surface area contributed by atoms with E-state index in [0.29, 0.717) is 33.5 Å². The number of halogens is 1. The van der Waals surface area contributed by atoms with Crippen LogP contribution in [0.3, 0.4) is 0 Å². The summed E-state index contributed by atoms with van der Waals surface area (Å²) in [7, 11) is 0. The van der Waals surface area contributed by atoms with Crippen molar-refractivity contribution < 1.29 is 4.74 Å². The molecule has 0 saturated heterocycles. The maximum Gasteiger partial charge on any atom is 0.146 e. The van der Waals surface area contributed by atoms with Gasteiger partial charge in [-0.2, -0.15) is 4.91 Å². The largest absolute Gasteiger partial charge is 0.492 e. The number of hydrogen-bond acceptors (Lipinski definition) is 11. The summed E-state index contributed by atoms with van der Waals surface area (Å²) in [5.41, 5.74) is 13.4. The number of aromatic nitrogens is 1. The lowest BCUT2D eigenvalue weighted by molar-refractivity contribution is 0.328. The van der Waals surface area contributed by atoms with E-state index in [-0.39, 0.29) is 13.2 Å². The third-order valence-corrected chi connectivity index (χ3v) is 7.74. The summed E-state index contributed by atoms with van der Waals surface area (Å²) in [6, 6.07) is 14.9. The fraction of sp³-hybridized carbons (Fsp3) is 0.160. The SMILES string of the molecule is N=CC1=C(c2ccc(OCCN=O)cc2)C(=CN)C(NN)=NC1SCc1csc(-c2ccc(Cl)cc2)n1. The number of amidine groups is 1. The number of hydrogen-bond donors (Lipinski definition) is 4. The smallest absolute Gasteiger partial charge is 0.146 e. The van der Waals surface area contributed by atoms with Gasteiger partial charge in [0.1, 0.15) is 35.1 Å². The first-order valence-electron chi connectivity index (χ1n) is 11.1. The van der Waals surface area contributed by atoms with Crippen molar-refractivity contribution in [3.63, 3.8) is 0 Å². The molecule has 12 heteroatoms. The molecule has 1 aliphatic heterocycles. The van der Waals surface area contributed by atoms with Gasteiger partial charge in [-0.3, -0.25) is 0 Å². The zero-order chi connectivity index (χ0) is 26.2. The first-order valence-corrected chi connectivity index (χ1v) is 13.4. The van der Waals surface area contributed by atoms with Gasteiger partial charge >= 0.3 is 0 Å². The van der Waals surface area contributed by atoms with Gasteiger partial charge in [0, 0.05) is 50.9 Å². The second-order valence-electron chi connectivity index (χ2n) is 7.72. The van der Waals surface area contributed by atoms with Gasteiger partial charge < -0.3 is 21.3 Å². The molecule has 0 radical (unpaired) electrons. The van der Waals surface area contributed by atoms with Crippen molar-refractivity contribution in [2.24, 2.45) is 21.7 Å². The molecule has 2 aromatic carbocycles. The van der Waals surface area contributed by atoms with Crippen molar-refractivity contribution in [1.82, 2.24) is 10.4 Å². The predicted octanol–water partition coefficient (Wildman–Crippen LogP) is 4.99. The molecule has 0 saturated carbocycles. The number of thioether (sulfide) groups is 1. The minimum Gasteiger partial charge on any atom is -0.492 e. The Kier molecular flexibility index (Phi) is 9.07. The van der Waals surface area contributed by atoms with Crippen LogP contribution < -0.4 is 21.7 Å². The van der Waals surface area contributed by atoms with E-state index in [2.05, 4.69) is 10.6 Å². The molecule has 1 atom stereocenters. The van der Waals surface area contributed by atoms with Gasteiger partial charge in [-0.05, 0) is 29.8 Å². The minimum atomic E-state index is -0.405. The fourth-order valence-corrected chi connectivity index (χ4v) is 5.78. The maximum atomic E-state index is 10.3. The van der Waals surface area contributed by atoms with E-state index in [1.807, 2.05) is 41.8 Å². The van der Waals surface area contributed by atoms with Crippen LogP contribution in [-0.2, 0) is 5.75 Å². The number of nitrogens with zero attached hydrogens (tertiary/aromatic N) is 3. The topological polar surface area (TPSA) is 152 Å². The highest BCUT2D eigenvalue weighted by Gasteiger charge is 2.28. The fourth-order valence-electron chi connectivity index (χ4n) is 3.70. The van der Waals surface area contributed by atoms with Crippen molar-refractivity contribution in [2.45, 2.75) is 11.1 Å². The van der Waals surface area contributed by atoms with Gasteiger partial charge in [-0.25, -0.2) is 15.8 Å². The van der Waals surface area contributed by atoms with Gasteiger partial charge in [0.25, 0.3) is 0 Å². The average Bonchev–Trinajstić information content (AvgIpc) is 3.41. The van der Waals surface area contributed by atoms with E-state index in [1.165, 1.54) is 24.2 Å². The predicted molar refractivity (Wildman–Crippen MR) is 153 cm³/mol. The van der Waals surface area contributed by atoms with Crippen LogP contribution in [0.25, 0.3) is 16.1 Å². The van der Waals surface area contributed by atoms with Crippen LogP contribution in [0, 0.1) is 10.3 Å². The Balaban J connectivity index is 1.59. The number of dihydropyridines is 1. The van der Waals surface area contributed by atoms with Gasteiger partial charge in [0.2, 0.25) is 0 Å². The van der Waals surface area contributed by atoms with Crippen molar-refractivity contribution in [3.05, 3.63) is 92.4 Å². The number of thiazole rings is 1. The quantitative estimate of drug-likeness (QED) is 0.0907. The lowest BCUT2D eigenvalue weighted by Crippen LogP contribution is -2.36. The second kappa shape index (κ2) is 12.6. The Bertz CT molecular complexity index is 1350. The molecule has 0 amide bonds. The van der Waals surface area contributed by atoms with Crippen molar-refractivity contribution in [1.29, 1.82) is 5.41 Å². The molecule has 190 valence electrons. The van der Waals surface area contributed by atoms with Gasteiger partial charge in [-0.15, -0.1) is 23.1 Å². The van der Waals surface area contributed by atoms with E-state index in [1.54, 1.807) is 23.5 Å². The Hall–Kier alpha value is -3.51. The highest BCUT2D eigenvalue weighted by molar-refractivity contribution is 7.99. The van der Waals surface area contributed by atoms with Crippen LogP contribution in [0.4, 0.5) is 0 Å².